The van der Waals surface area contributed by atoms with Crippen LogP contribution in [0.15, 0.2) is 36.5 Å². The van der Waals surface area contributed by atoms with Crippen LogP contribution >= 0.6 is 11.6 Å². The van der Waals surface area contributed by atoms with E-state index in [1.807, 2.05) is 12.1 Å². The van der Waals surface area contributed by atoms with Crippen molar-refractivity contribution in [1.29, 1.82) is 5.26 Å². The molecule has 1 N–H and O–H groups in total. The van der Waals surface area contributed by atoms with Gasteiger partial charge in [-0.3, -0.25) is 0 Å². The molecular weight excluding hydrogens is 270 g/mol. The molecule has 3 nitrogen and oxygen atoms in total. The molecule has 1 saturated carbocycles. The number of nitrogens with zero attached hydrogens (tertiary/aromatic N) is 2. The number of nitrogens with one attached hydrogen (secondary N) is 1. The minimum Gasteiger partial charge on any atom is -0.346 e. The summed E-state index contributed by atoms with van der Waals surface area (Å²) in [7, 11) is 0. The predicted octanol–water partition coefficient (Wildman–Crippen LogP) is 3.31. The molecule has 0 bridgehead atoms. The highest BCUT2D eigenvalue weighted by Gasteiger charge is 2.20. The third-order valence-corrected chi connectivity index (χ3v) is 3.95. The second-order valence-corrected chi connectivity index (χ2v) is 5.61. The summed E-state index contributed by atoms with van der Waals surface area (Å²) in [6.07, 6.45) is 4.66. The van der Waals surface area contributed by atoms with Crippen molar-refractivity contribution in [2.45, 2.75) is 32.0 Å². The Morgan fingerprint density at radius 3 is 2.90 bits per heavy atom. The molecule has 0 saturated heterocycles. The van der Waals surface area contributed by atoms with Gasteiger partial charge in [-0.2, -0.15) is 5.26 Å². The lowest BCUT2D eigenvalue weighted by molar-refractivity contribution is 0.634. The van der Waals surface area contributed by atoms with Crippen LogP contribution in [-0.2, 0) is 13.1 Å². The van der Waals surface area contributed by atoms with Crippen molar-refractivity contribution < 1.29 is 0 Å². The molecule has 102 valence electrons. The zero-order valence-electron chi connectivity index (χ0n) is 11.1. The van der Waals surface area contributed by atoms with Crippen LogP contribution in [0.2, 0.25) is 5.02 Å². The van der Waals surface area contributed by atoms with Crippen LogP contribution in [0.4, 0.5) is 0 Å². The van der Waals surface area contributed by atoms with E-state index in [2.05, 4.69) is 34.3 Å². The van der Waals surface area contributed by atoms with Gasteiger partial charge in [0, 0.05) is 36.0 Å². The third kappa shape index (κ3) is 3.04. The number of hydrogen-bond acceptors (Lipinski definition) is 2. The molecule has 2 aromatic rings. The van der Waals surface area contributed by atoms with Crippen molar-refractivity contribution in [3.63, 3.8) is 0 Å². The topological polar surface area (TPSA) is 40.8 Å². The lowest BCUT2D eigenvalue weighted by Crippen LogP contribution is -2.18. The van der Waals surface area contributed by atoms with E-state index >= 15 is 0 Å². The smallest absolute Gasteiger partial charge is 0.0992 e. The Morgan fingerprint density at radius 2 is 2.20 bits per heavy atom. The van der Waals surface area contributed by atoms with Crippen molar-refractivity contribution >= 4 is 11.6 Å². The molecule has 1 aliphatic carbocycles. The fourth-order valence-corrected chi connectivity index (χ4v) is 2.47. The van der Waals surface area contributed by atoms with Gasteiger partial charge in [0.25, 0.3) is 0 Å². The molecule has 1 fully saturated rings. The molecule has 20 heavy (non-hydrogen) atoms. The van der Waals surface area contributed by atoms with E-state index in [0.717, 1.165) is 18.7 Å². The molecule has 0 aliphatic heterocycles. The van der Waals surface area contributed by atoms with E-state index in [0.29, 0.717) is 16.6 Å². The van der Waals surface area contributed by atoms with Gasteiger partial charge in [0.15, 0.2) is 0 Å². The molecule has 0 unspecified atom stereocenters. The minimum atomic E-state index is 0.599. The van der Waals surface area contributed by atoms with Gasteiger partial charge >= 0.3 is 0 Å². The molecule has 1 aromatic carbocycles. The Bertz CT molecular complexity index is 650. The minimum absolute atomic E-state index is 0.599. The highest BCUT2D eigenvalue weighted by Crippen LogP contribution is 2.21. The molecule has 0 atom stereocenters. The maximum Gasteiger partial charge on any atom is 0.0992 e. The molecule has 1 heterocycles. The molecule has 1 aliphatic rings. The first-order valence-corrected chi connectivity index (χ1v) is 7.20. The zero-order valence-corrected chi connectivity index (χ0v) is 11.9. The van der Waals surface area contributed by atoms with Crippen molar-refractivity contribution in [2.24, 2.45) is 0 Å². The van der Waals surface area contributed by atoms with Crippen LogP contribution in [0, 0.1) is 11.3 Å². The van der Waals surface area contributed by atoms with E-state index in [1.165, 1.54) is 18.5 Å². The second-order valence-electron chi connectivity index (χ2n) is 5.20. The summed E-state index contributed by atoms with van der Waals surface area (Å²) in [5.41, 5.74) is 2.90. The van der Waals surface area contributed by atoms with Gasteiger partial charge in [-0.05, 0) is 42.7 Å². The summed E-state index contributed by atoms with van der Waals surface area (Å²) in [4.78, 5) is 0. The summed E-state index contributed by atoms with van der Waals surface area (Å²) >= 11 is 6.23. The normalized spacial score (nSPS) is 14.2. The van der Waals surface area contributed by atoms with Gasteiger partial charge in [-0.15, -0.1) is 0 Å². The first-order chi connectivity index (χ1) is 9.76. The first-order valence-electron chi connectivity index (χ1n) is 6.82. The van der Waals surface area contributed by atoms with Crippen LogP contribution < -0.4 is 5.32 Å². The van der Waals surface area contributed by atoms with Crippen LogP contribution in [-0.4, -0.2) is 10.6 Å². The SMILES string of the molecule is N#Cc1ccc(Cn2cccc2CNC2CC2)c(Cl)c1. The maximum absolute atomic E-state index is 8.86. The maximum atomic E-state index is 8.86. The number of nitriles is 1. The number of benzene rings is 1. The standard InChI is InChI=1S/C16H16ClN3/c17-16-8-12(9-18)3-4-13(16)11-20-7-1-2-15(20)10-19-14-5-6-14/h1-4,7-8,14,19H,5-6,10-11H2. The van der Waals surface area contributed by atoms with Crippen molar-refractivity contribution in [2.75, 3.05) is 0 Å². The van der Waals surface area contributed by atoms with Gasteiger partial charge in [0.2, 0.25) is 0 Å². The van der Waals surface area contributed by atoms with Crippen molar-refractivity contribution in [3.05, 3.63) is 58.4 Å². The molecular formula is C16H16ClN3. The van der Waals surface area contributed by atoms with Crippen LogP contribution in [0.25, 0.3) is 0 Å². The van der Waals surface area contributed by atoms with E-state index in [-0.39, 0.29) is 0 Å². The molecule has 0 radical (unpaired) electrons. The van der Waals surface area contributed by atoms with Gasteiger partial charge < -0.3 is 9.88 Å². The van der Waals surface area contributed by atoms with Crippen LogP contribution in [0.5, 0.6) is 0 Å². The number of halogens is 1. The van der Waals surface area contributed by atoms with Gasteiger partial charge in [0.05, 0.1) is 11.6 Å². The fraction of sp³-hybridized carbons (Fsp3) is 0.312. The molecule has 4 heteroatoms. The number of rotatable bonds is 5. The average molecular weight is 286 g/mol. The van der Waals surface area contributed by atoms with Gasteiger partial charge in [-0.1, -0.05) is 17.7 Å². The highest BCUT2D eigenvalue weighted by atomic mass is 35.5. The summed E-state index contributed by atoms with van der Waals surface area (Å²) in [6, 6.07) is 12.5. The molecule has 0 spiro atoms. The van der Waals surface area contributed by atoms with E-state index < -0.39 is 0 Å². The predicted molar refractivity (Wildman–Crippen MR) is 79.6 cm³/mol. The molecule has 0 amide bonds. The summed E-state index contributed by atoms with van der Waals surface area (Å²) < 4.78 is 2.20. The van der Waals surface area contributed by atoms with Gasteiger partial charge in [-0.25, -0.2) is 0 Å². The zero-order chi connectivity index (χ0) is 13.9. The lowest BCUT2D eigenvalue weighted by atomic mass is 10.1. The molecule has 1 aromatic heterocycles. The van der Waals surface area contributed by atoms with E-state index in [4.69, 9.17) is 16.9 Å². The van der Waals surface area contributed by atoms with Crippen molar-refractivity contribution in [1.82, 2.24) is 9.88 Å². The largest absolute Gasteiger partial charge is 0.346 e. The number of hydrogen-bond donors (Lipinski definition) is 1. The fourth-order valence-electron chi connectivity index (χ4n) is 2.23. The Kier molecular flexibility index (Phi) is 3.77. The summed E-state index contributed by atoms with van der Waals surface area (Å²) in [6.45, 7) is 1.63. The van der Waals surface area contributed by atoms with Crippen LogP contribution in [0.3, 0.4) is 0 Å². The Balaban J connectivity index is 1.73. The lowest BCUT2D eigenvalue weighted by Gasteiger charge is -2.11. The Hall–Kier alpha value is -1.76. The Labute approximate surface area is 123 Å². The van der Waals surface area contributed by atoms with Gasteiger partial charge in [0.1, 0.15) is 0 Å². The first kappa shape index (κ1) is 13.2. The summed E-state index contributed by atoms with van der Waals surface area (Å²) in [5.74, 6) is 0. The highest BCUT2D eigenvalue weighted by molar-refractivity contribution is 6.31. The quantitative estimate of drug-likeness (QED) is 0.915. The third-order valence-electron chi connectivity index (χ3n) is 3.60. The number of aromatic nitrogens is 1. The Morgan fingerprint density at radius 1 is 1.35 bits per heavy atom. The van der Waals surface area contributed by atoms with E-state index in [9.17, 15) is 0 Å². The van der Waals surface area contributed by atoms with Crippen LogP contribution in [0.1, 0.15) is 29.7 Å². The van der Waals surface area contributed by atoms with Crippen molar-refractivity contribution in [3.8, 4) is 6.07 Å². The monoisotopic (exact) mass is 285 g/mol. The molecule has 3 rings (SSSR count). The average Bonchev–Trinajstić information content (AvgIpc) is 3.18. The second kappa shape index (κ2) is 5.70. The summed E-state index contributed by atoms with van der Waals surface area (Å²) in [5, 5.41) is 13.0. The van der Waals surface area contributed by atoms with E-state index in [1.54, 1.807) is 6.07 Å².